The largest absolute Gasteiger partial charge is 0.496 e. The molecular weight excluding hydrogens is 668 g/mol. The van der Waals surface area contributed by atoms with Crippen molar-refractivity contribution < 1.29 is 50.5 Å². The number of rotatable bonds is 11. The number of hydrogen-bond acceptors (Lipinski definition) is 6. The van der Waals surface area contributed by atoms with Gasteiger partial charge in [0, 0.05) is 18.5 Å². The first-order chi connectivity index (χ1) is 23.7. The van der Waals surface area contributed by atoms with Gasteiger partial charge in [-0.3, -0.25) is 14.6 Å². The van der Waals surface area contributed by atoms with E-state index in [9.17, 15) is 41.0 Å². The summed E-state index contributed by atoms with van der Waals surface area (Å²) in [6.07, 6.45) is -8.50. The van der Waals surface area contributed by atoms with E-state index in [4.69, 9.17) is 9.47 Å². The number of ether oxygens (including phenoxy) is 2. The minimum atomic E-state index is -5.11. The molecule has 0 aliphatic carbocycles. The summed E-state index contributed by atoms with van der Waals surface area (Å²) in [6, 6.07) is 12.7. The minimum absolute atomic E-state index is 0.348. The Morgan fingerprint density at radius 1 is 0.840 bits per heavy atom. The number of aliphatic carboxylic acids is 1. The van der Waals surface area contributed by atoms with Gasteiger partial charge in [-0.05, 0) is 79.8 Å². The predicted molar refractivity (Wildman–Crippen MR) is 175 cm³/mol. The summed E-state index contributed by atoms with van der Waals surface area (Å²) in [4.78, 5) is 28.9. The van der Waals surface area contributed by atoms with E-state index in [1.807, 2.05) is 24.3 Å². The Kier molecular flexibility index (Phi) is 11.2. The van der Waals surface area contributed by atoms with E-state index < -0.39 is 68.2 Å². The summed E-state index contributed by atoms with van der Waals surface area (Å²) in [6.45, 7) is -0.0152. The molecular formula is C36H41F6N3O5. The molecule has 0 unspecified atom stereocenters. The molecule has 0 bridgehead atoms. The summed E-state index contributed by atoms with van der Waals surface area (Å²) in [5, 5.41) is 13.5. The Hall–Kier alpha value is -4.04. The molecule has 2 N–H and O–H groups in total. The molecule has 2 aliphatic rings. The Morgan fingerprint density at radius 2 is 1.50 bits per heavy atom. The number of nitrogens with one attached hydrogen (secondary N) is 1. The maximum absolute atomic E-state index is 14.4. The number of alkyl halides is 6. The quantitative estimate of drug-likeness (QED) is 0.211. The zero-order valence-electron chi connectivity index (χ0n) is 27.9. The molecule has 272 valence electrons. The number of halogens is 6. The normalized spacial score (nSPS) is 18.1. The molecule has 0 aromatic heterocycles. The van der Waals surface area contributed by atoms with Crippen molar-refractivity contribution in [2.75, 3.05) is 46.9 Å². The number of piperidine rings is 2. The van der Waals surface area contributed by atoms with Crippen molar-refractivity contribution in [2.24, 2.45) is 5.41 Å². The van der Waals surface area contributed by atoms with Gasteiger partial charge >= 0.3 is 18.3 Å². The summed E-state index contributed by atoms with van der Waals surface area (Å²) in [7, 11) is 3.13. The highest BCUT2D eigenvalue weighted by Gasteiger charge is 2.61. The Bertz CT molecular complexity index is 1680. The maximum atomic E-state index is 14.4. The second-order valence-electron chi connectivity index (χ2n) is 13.0. The van der Waals surface area contributed by atoms with Crippen molar-refractivity contribution in [1.29, 1.82) is 0 Å². The third kappa shape index (κ3) is 7.96. The maximum Gasteiger partial charge on any atom is 0.403 e. The highest BCUT2D eigenvalue weighted by atomic mass is 19.4. The van der Waals surface area contributed by atoms with Crippen LogP contribution in [0.15, 0.2) is 48.5 Å². The average Bonchev–Trinajstić information content (AvgIpc) is 3.07. The number of carbonyl (C=O) groups is 2. The van der Waals surface area contributed by atoms with Crippen LogP contribution in [0.2, 0.25) is 0 Å². The van der Waals surface area contributed by atoms with Crippen molar-refractivity contribution in [3.05, 3.63) is 59.7 Å². The summed E-state index contributed by atoms with van der Waals surface area (Å²) in [5.74, 6) is -1.93. The monoisotopic (exact) mass is 709 g/mol. The number of hydrogen-bond donors (Lipinski definition) is 2. The van der Waals surface area contributed by atoms with Crippen LogP contribution < -0.4 is 14.8 Å². The van der Waals surface area contributed by atoms with Gasteiger partial charge in [0.1, 0.15) is 23.0 Å². The molecule has 50 heavy (non-hydrogen) atoms. The highest BCUT2D eigenvalue weighted by Crippen LogP contribution is 2.47. The number of fused-ring (bicyclic) bond motifs is 1. The van der Waals surface area contributed by atoms with Crippen LogP contribution in [0.25, 0.3) is 21.9 Å². The first-order valence-electron chi connectivity index (χ1n) is 16.5. The molecule has 1 amide bonds. The summed E-state index contributed by atoms with van der Waals surface area (Å²) in [5.41, 5.74) is -0.174. The van der Waals surface area contributed by atoms with E-state index in [0.717, 1.165) is 42.0 Å². The SMILES string of the molecule is COc1ccc(CN2CCCCC2)c(OC)c1-c1cccc2c(C[C@H](NC(=O)C3(C(F)(F)F)CCN(CC(F)(F)F)CC3)C(=O)O)cccc12. The van der Waals surface area contributed by atoms with Crippen molar-refractivity contribution >= 4 is 22.6 Å². The van der Waals surface area contributed by atoms with Gasteiger partial charge in [0.05, 0.1) is 26.3 Å². The van der Waals surface area contributed by atoms with Gasteiger partial charge in [0.2, 0.25) is 5.91 Å². The fourth-order valence-corrected chi connectivity index (χ4v) is 7.22. The lowest BCUT2D eigenvalue weighted by Crippen LogP contribution is -2.59. The standard InChI is InChI=1S/C36H41F6N3O5/c1-49-29-13-12-24(21-44-16-4-3-5-17-44)31(50-2)30(29)27-11-7-9-25-23(8-6-10-26(25)27)20-28(32(46)47)43-33(48)34(36(40,41)42)14-18-45(19-15-34)22-35(37,38)39/h6-13,28H,3-5,14-22H2,1-2H3,(H,43,48)(H,46,47)/t28-/m0/s1. The van der Waals surface area contributed by atoms with E-state index in [1.54, 1.807) is 38.5 Å². The molecule has 2 heterocycles. The predicted octanol–water partition coefficient (Wildman–Crippen LogP) is 6.83. The van der Waals surface area contributed by atoms with Crippen LogP contribution in [-0.2, 0) is 22.6 Å². The molecule has 0 saturated carbocycles. The molecule has 3 aromatic rings. The van der Waals surface area contributed by atoms with Crippen molar-refractivity contribution in [3.63, 3.8) is 0 Å². The Morgan fingerprint density at radius 3 is 2.10 bits per heavy atom. The van der Waals surface area contributed by atoms with Gasteiger partial charge in [-0.2, -0.15) is 26.3 Å². The first-order valence-corrected chi connectivity index (χ1v) is 16.5. The summed E-state index contributed by atoms with van der Waals surface area (Å²) >= 11 is 0. The lowest BCUT2D eigenvalue weighted by Gasteiger charge is -2.42. The molecule has 1 atom stereocenters. The number of carbonyl (C=O) groups excluding carboxylic acids is 1. The Balaban J connectivity index is 1.46. The number of methoxy groups -OCH3 is 2. The van der Waals surface area contributed by atoms with Crippen LogP contribution in [0.3, 0.4) is 0 Å². The van der Waals surface area contributed by atoms with Gasteiger partial charge in [-0.15, -0.1) is 0 Å². The number of likely N-dealkylation sites (tertiary alicyclic amines) is 2. The van der Waals surface area contributed by atoms with Crippen LogP contribution >= 0.6 is 0 Å². The van der Waals surface area contributed by atoms with Crippen LogP contribution in [-0.4, -0.2) is 92.1 Å². The van der Waals surface area contributed by atoms with Gasteiger partial charge in [-0.25, -0.2) is 4.79 Å². The topological polar surface area (TPSA) is 91.3 Å². The second kappa shape index (κ2) is 15.1. The van der Waals surface area contributed by atoms with Gasteiger partial charge in [0.25, 0.3) is 0 Å². The smallest absolute Gasteiger partial charge is 0.403 e. The van der Waals surface area contributed by atoms with Crippen LogP contribution in [0.1, 0.15) is 43.2 Å². The van der Waals surface area contributed by atoms with Crippen LogP contribution in [0.4, 0.5) is 26.3 Å². The highest BCUT2D eigenvalue weighted by molar-refractivity contribution is 6.01. The fraction of sp³-hybridized carbons (Fsp3) is 0.500. The number of carboxylic acids is 1. The van der Waals surface area contributed by atoms with E-state index in [1.165, 1.54) is 6.42 Å². The molecule has 5 rings (SSSR count). The molecule has 2 fully saturated rings. The van der Waals surface area contributed by atoms with Crippen molar-refractivity contribution in [3.8, 4) is 22.6 Å². The number of benzene rings is 3. The molecule has 14 heteroatoms. The third-order valence-corrected chi connectivity index (χ3v) is 9.87. The zero-order chi connectivity index (χ0) is 36.3. The number of amides is 1. The van der Waals surface area contributed by atoms with E-state index in [0.29, 0.717) is 39.9 Å². The van der Waals surface area contributed by atoms with Gasteiger partial charge in [-0.1, -0.05) is 48.9 Å². The summed E-state index contributed by atoms with van der Waals surface area (Å²) < 4.78 is 93.6. The lowest BCUT2D eigenvalue weighted by atomic mass is 9.76. The molecule has 0 spiro atoms. The van der Waals surface area contributed by atoms with E-state index >= 15 is 0 Å². The van der Waals surface area contributed by atoms with Gasteiger partial charge in [0.15, 0.2) is 0 Å². The molecule has 8 nitrogen and oxygen atoms in total. The van der Waals surface area contributed by atoms with Crippen LogP contribution in [0.5, 0.6) is 11.5 Å². The average molecular weight is 710 g/mol. The van der Waals surface area contributed by atoms with Gasteiger partial charge < -0.3 is 19.9 Å². The number of nitrogens with zero attached hydrogens (tertiary/aromatic N) is 2. The fourth-order valence-electron chi connectivity index (χ4n) is 7.22. The van der Waals surface area contributed by atoms with E-state index in [2.05, 4.69) is 10.2 Å². The van der Waals surface area contributed by atoms with E-state index in [-0.39, 0.29) is 6.42 Å². The van der Waals surface area contributed by atoms with Crippen molar-refractivity contribution in [1.82, 2.24) is 15.1 Å². The minimum Gasteiger partial charge on any atom is -0.496 e. The molecule has 0 radical (unpaired) electrons. The Labute approximate surface area is 286 Å². The lowest BCUT2D eigenvalue weighted by molar-refractivity contribution is -0.236. The first kappa shape index (κ1) is 37.2. The second-order valence-corrected chi connectivity index (χ2v) is 13.0. The molecule has 2 aliphatic heterocycles. The molecule has 3 aromatic carbocycles. The zero-order valence-corrected chi connectivity index (χ0v) is 27.9. The van der Waals surface area contributed by atoms with Crippen molar-refractivity contribution in [2.45, 2.75) is 63.5 Å². The van der Waals surface area contributed by atoms with Crippen LogP contribution in [0, 0.1) is 5.41 Å². The third-order valence-electron chi connectivity index (χ3n) is 9.87. The number of carboxylic acid groups (broad SMARTS) is 1. The molecule has 2 saturated heterocycles.